The zero-order valence-electron chi connectivity index (χ0n) is 14.9. The molecule has 2 aromatic carbocycles. The van der Waals surface area contributed by atoms with Crippen LogP contribution in [0.5, 0.6) is 0 Å². The van der Waals surface area contributed by atoms with Gasteiger partial charge >= 0.3 is 0 Å². The summed E-state index contributed by atoms with van der Waals surface area (Å²) in [5, 5.41) is 0. The number of benzene rings is 2. The molecule has 1 aromatic heterocycles. The van der Waals surface area contributed by atoms with Crippen molar-refractivity contribution in [3.63, 3.8) is 0 Å². The van der Waals surface area contributed by atoms with Gasteiger partial charge in [-0.25, -0.2) is 4.39 Å². The van der Waals surface area contributed by atoms with E-state index in [2.05, 4.69) is 24.0 Å². The van der Waals surface area contributed by atoms with Gasteiger partial charge in [0, 0.05) is 11.8 Å². The Labute approximate surface area is 149 Å². The van der Waals surface area contributed by atoms with Crippen molar-refractivity contribution in [2.45, 2.75) is 39.5 Å². The molecule has 0 spiro atoms. The molecule has 0 amide bonds. The molecule has 3 rings (SSSR count). The van der Waals surface area contributed by atoms with Gasteiger partial charge in [-0.05, 0) is 60.2 Å². The average Bonchev–Trinajstić information content (AvgIpc) is 2.63. The highest BCUT2D eigenvalue weighted by Crippen LogP contribution is 2.30. The molecule has 0 unspecified atom stereocenters. The van der Waals surface area contributed by atoms with Gasteiger partial charge in [-0.15, -0.1) is 0 Å². The highest BCUT2D eigenvalue weighted by atomic mass is 19.1. The first kappa shape index (κ1) is 17.3. The van der Waals surface area contributed by atoms with E-state index in [0.29, 0.717) is 11.3 Å². The number of hydrogen-bond donors (Lipinski definition) is 0. The Balaban J connectivity index is 2.04. The molecule has 0 atom stereocenters. The molecule has 128 valence electrons. The zero-order valence-corrected chi connectivity index (χ0v) is 14.9. The molecule has 0 aliphatic carbocycles. The predicted octanol–water partition coefficient (Wildman–Crippen LogP) is 6.60. The van der Waals surface area contributed by atoms with E-state index >= 15 is 0 Å². The number of aromatic nitrogens is 1. The number of rotatable bonds is 6. The average molecular weight is 333 g/mol. The van der Waals surface area contributed by atoms with E-state index < -0.39 is 0 Å². The lowest BCUT2D eigenvalue weighted by molar-refractivity contribution is 0.629. The summed E-state index contributed by atoms with van der Waals surface area (Å²) < 4.78 is 14.4. The lowest BCUT2D eigenvalue weighted by Gasteiger charge is -2.12. The summed E-state index contributed by atoms with van der Waals surface area (Å²) in [5.74, 6) is -0.217. The summed E-state index contributed by atoms with van der Waals surface area (Å²) in [7, 11) is 0. The highest BCUT2D eigenvalue weighted by molar-refractivity contribution is 5.73. The SMILES string of the molecule is CCCCCc1cnc(-c2ccc(C)cc2F)cc1-c1ccccc1. The standard InChI is InChI=1S/C23H24FN/c1-3-4-6-11-19-16-25-23(20-13-12-17(2)14-22(20)24)15-21(19)18-9-7-5-8-10-18/h5,7-10,12-16H,3-4,6,11H2,1-2H3. The number of aryl methyl sites for hydroxylation is 2. The molecule has 0 saturated carbocycles. The first-order valence-corrected chi connectivity index (χ1v) is 9.00. The van der Waals surface area contributed by atoms with Crippen molar-refractivity contribution in [3.8, 4) is 22.4 Å². The lowest BCUT2D eigenvalue weighted by Crippen LogP contribution is -1.96. The van der Waals surface area contributed by atoms with Crippen molar-refractivity contribution in [1.29, 1.82) is 0 Å². The minimum absolute atomic E-state index is 0.217. The maximum absolute atomic E-state index is 14.4. The van der Waals surface area contributed by atoms with Crippen molar-refractivity contribution >= 4 is 0 Å². The Hall–Kier alpha value is -2.48. The lowest BCUT2D eigenvalue weighted by atomic mass is 9.95. The van der Waals surface area contributed by atoms with Gasteiger partial charge in [0.25, 0.3) is 0 Å². The van der Waals surface area contributed by atoms with Gasteiger partial charge in [0.05, 0.1) is 5.69 Å². The monoisotopic (exact) mass is 333 g/mol. The molecule has 0 radical (unpaired) electrons. The van der Waals surface area contributed by atoms with Crippen molar-refractivity contribution in [1.82, 2.24) is 4.98 Å². The summed E-state index contributed by atoms with van der Waals surface area (Å²) in [6.45, 7) is 4.10. The zero-order chi connectivity index (χ0) is 17.6. The smallest absolute Gasteiger partial charge is 0.132 e. The number of nitrogens with zero attached hydrogens (tertiary/aromatic N) is 1. The number of pyridine rings is 1. The molecule has 3 aromatic rings. The van der Waals surface area contributed by atoms with E-state index in [9.17, 15) is 4.39 Å². The Morgan fingerprint density at radius 2 is 1.72 bits per heavy atom. The molecule has 2 heteroatoms. The molecule has 0 saturated heterocycles. The Kier molecular flexibility index (Phi) is 5.60. The van der Waals surface area contributed by atoms with E-state index in [4.69, 9.17) is 0 Å². The second kappa shape index (κ2) is 8.06. The van der Waals surface area contributed by atoms with E-state index in [1.54, 1.807) is 6.07 Å². The normalized spacial score (nSPS) is 10.8. The van der Waals surface area contributed by atoms with Gasteiger partial charge in [0.2, 0.25) is 0 Å². The molecule has 0 fully saturated rings. The maximum atomic E-state index is 14.4. The van der Waals surface area contributed by atoms with E-state index in [0.717, 1.165) is 29.5 Å². The largest absolute Gasteiger partial charge is 0.256 e. The number of unbranched alkanes of at least 4 members (excludes halogenated alkanes) is 2. The first-order chi connectivity index (χ1) is 12.2. The van der Waals surface area contributed by atoms with E-state index in [-0.39, 0.29) is 5.82 Å². The van der Waals surface area contributed by atoms with Crippen LogP contribution in [-0.4, -0.2) is 4.98 Å². The Morgan fingerprint density at radius 1 is 0.920 bits per heavy atom. The first-order valence-electron chi connectivity index (χ1n) is 9.00. The van der Waals surface area contributed by atoms with E-state index in [1.165, 1.54) is 18.4 Å². The molecule has 1 nitrogen and oxygen atoms in total. The van der Waals surface area contributed by atoms with Crippen LogP contribution >= 0.6 is 0 Å². The molecule has 25 heavy (non-hydrogen) atoms. The molecule has 0 aliphatic heterocycles. The van der Waals surface area contributed by atoms with Gasteiger partial charge in [0.1, 0.15) is 5.82 Å². The van der Waals surface area contributed by atoms with E-state index in [1.807, 2.05) is 49.5 Å². The van der Waals surface area contributed by atoms with Gasteiger partial charge in [-0.1, -0.05) is 56.2 Å². The molecular formula is C23H24FN. The fraction of sp³-hybridized carbons (Fsp3) is 0.261. The van der Waals surface area contributed by atoms with Crippen LogP contribution in [0, 0.1) is 12.7 Å². The summed E-state index contributed by atoms with van der Waals surface area (Å²) >= 11 is 0. The van der Waals surface area contributed by atoms with Crippen molar-refractivity contribution < 1.29 is 4.39 Å². The van der Waals surface area contributed by atoms with Crippen LogP contribution in [0.15, 0.2) is 60.8 Å². The second-order valence-electron chi connectivity index (χ2n) is 6.53. The van der Waals surface area contributed by atoms with Crippen LogP contribution in [0.25, 0.3) is 22.4 Å². The van der Waals surface area contributed by atoms with Crippen LogP contribution in [0.4, 0.5) is 4.39 Å². The molecular weight excluding hydrogens is 309 g/mol. The van der Waals surface area contributed by atoms with Gasteiger partial charge < -0.3 is 0 Å². The van der Waals surface area contributed by atoms with Crippen LogP contribution in [0.3, 0.4) is 0 Å². The molecule has 1 heterocycles. The van der Waals surface area contributed by atoms with Crippen LogP contribution in [0.2, 0.25) is 0 Å². The minimum atomic E-state index is -0.217. The molecule has 0 aliphatic rings. The van der Waals surface area contributed by atoms with Crippen LogP contribution < -0.4 is 0 Å². The van der Waals surface area contributed by atoms with Crippen molar-refractivity contribution in [2.24, 2.45) is 0 Å². The summed E-state index contributed by atoms with van der Waals surface area (Å²) in [6, 6.07) is 17.6. The molecule has 0 N–H and O–H groups in total. The maximum Gasteiger partial charge on any atom is 0.132 e. The van der Waals surface area contributed by atoms with Gasteiger partial charge in [-0.2, -0.15) is 0 Å². The van der Waals surface area contributed by atoms with Crippen molar-refractivity contribution in [2.75, 3.05) is 0 Å². The third kappa shape index (κ3) is 4.14. The quantitative estimate of drug-likeness (QED) is 0.463. The third-order valence-electron chi connectivity index (χ3n) is 4.52. The summed E-state index contributed by atoms with van der Waals surface area (Å²) in [5.41, 5.74) is 5.71. The Morgan fingerprint density at radius 3 is 2.44 bits per heavy atom. The van der Waals surface area contributed by atoms with Crippen LogP contribution in [-0.2, 0) is 6.42 Å². The van der Waals surface area contributed by atoms with Crippen LogP contribution in [0.1, 0.15) is 37.3 Å². The number of halogens is 1. The fourth-order valence-corrected chi connectivity index (χ4v) is 3.11. The fourth-order valence-electron chi connectivity index (χ4n) is 3.11. The molecule has 0 bridgehead atoms. The Bertz CT molecular complexity index is 840. The predicted molar refractivity (Wildman–Crippen MR) is 103 cm³/mol. The van der Waals surface area contributed by atoms with Crippen molar-refractivity contribution in [3.05, 3.63) is 77.7 Å². The summed E-state index contributed by atoms with van der Waals surface area (Å²) in [4.78, 5) is 4.56. The second-order valence-corrected chi connectivity index (χ2v) is 6.53. The topological polar surface area (TPSA) is 12.9 Å². The highest BCUT2D eigenvalue weighted by Gasteiger charge is 2.12. The number of hydrogen-bond acceptors (Lipinski definition) is 1. The summed E-state index contributed by atoms with van der Waals surface area (Å²) in [6.07, 6.45) is 6.48. The van der Waals surface area contributed by atoms with Gasteiger partial charge in [0.15, 0.2) is 0 Å². The third-order valence-corrected chi connectivity index (χ3v) is 4.52. The van der Waals surface area contributed by atoms with Gasteiger partial charge in [-0.3, -0.25) is 4.98 Å². The minimum Gasteiger partial charge on any atom is -0.256 e.